The molecule has 1 rings (SSSR count). The summed E-state index contributed by atoms with van der Waals surface area (Å²) in [7, 11) is 6.43. The quantitative estimate of drug-likeness (QED) is 0.713. The first kappa shape index (κ1) is 13.9. The first-order valence-corrected chi connectivity index (χ1v) is 6.73. The minimum Gasteiger partial charge on any atom is -0.319 e. The fraction of sp³-hybridized carbons (Fsp3) is 1.00. The zero-order chi connectivity index (χ0) is 12.0. The first-order chi connectivity index (χ1) is 7.72. The Bertz CT molecular complexity index is 184. The van der Waals surface area contributed by atoms with E-state index in [0.717, 1.165) is 18.4 Å². The third-order valence-electron chi connectivity index (χ3n) is 4.00. The molecule has 16 heavy (non-hydrogen) atoms. The van der Waals surface area contributed by atoms with Crippen molar-refractivity contribution in [1.82, 2.24) is 15.5 Å². The summed E-state index contributed by atoms with van der Waals surface area (Å²) >= 11 is 0. The minimum absolute atomic E-state index is 0.667. The lowest BCUT2D eigenvalue weighted by Crippen LogP contribution is -2.49. The van der Waals surface area contributed by atoms with Crippen molar-refractivity contribution in [1.29, 1.82) is 0 Å². The van der Waals surface area contributed by atoms with Crippen LogP contribution in [0, 0.1) is 11.8 Å². The second-order valence-corrected chi connectivity index (χ2v) is 5.21. The fourth-order valence-electron chi connectivity index (χ4n) is 3.14. The average molecular weight is 227 g/mol. The number of hydrogen-bond donors (Lipinski definition) is 2. The van der Waals surface area contributed by atoms with Gasteiger partial charge in [0.25, 0.3) is 0 Å². The Hall–Kier alpha value is -0.120. The number of rotatable bonds is 6. The van der Waals surface area contributed by atoms with Crippen molar-refractivity contribution >= 4 is 0 Å². The highest BCUT2D eigenvalue weighted by Gasteiger charge is 2.29. The molecule has 2 N–H and O–H groups in total. The van der Waals surface area contributed by atoms with Crippen LogP contribution in [0.15, 0.2) is 0 Å². The predicted octanol–water partition coefficient (Wildman–Crippen LogP) is 1.16. The van der Waals surface area contributed by atoms with Crippen LogP contribution in [0.5, 0.6) is 0 Å². The molecule has 3 nitrogen and oxygen atoms in total. The van der Waals surface area contributed by atoms with E-state index in [9.17, 15) is 0 Å². The van der Waals surface area contributed by atoms with E-state index in [4.69, 9.17) is 0 Å². The van der Waals surface area contributed by atoms with E-state index in [1.165, 1.54) is 32.4 Å². The van der Waals surface area contributed by atoms with Gasteiger partial charge in [0.2, 0.25) is 0 Å². The molecule has 1 fully saturated rings. The predicted molar refractivity (Wildman–Crippen MR) is 70.8 cm³/mol. The van der Waals surface area contributed by atoms with Crippen LogP contribution in [-0.2, 0) is 0 Å². The molecule has 0 saturated carbocycles. The van der Waals surface area contributed by atoms with Crippen molar-refractivity contribution < 1.29 is 0 Å². The minimum atomic E-state index is 0.667. The Labute approximate surface area is 101 Å². The summed E-state index contributed by atoms with van der Waals surface area (Å²) < 4.78 is 0. The molecule has 1 aliphatic rings. The van der Waals surface area contributed by atoms with Crippen molar-refractivity contribution in [2.45, 2.75) is 32.2 Å². The average Bonchev–Trinajstić information content (AvgIpc) is 2.29. The van der Waals surface area contributed by atoms with Crippen molar-refractivity contribution in [3.05, 3.63) is 0 Å². The summed E-state index contributed by atoms with van der Waals surface area (Å²) in [5.74, 6) is 1.58. The van der Waals surface area contributed by atoms with Gasteiger partial charge < -0.3 is 15.5 Å². The van der Waals surface area contributed by atoms with Crippen LogP contribution in [0.25, 0.3) is 0 Å². The van der Waals surface area contributed by atoms with Crippen molar-refractivity contribution in [2.24, 2.45) is 11.8 Å². The Balaban J connectivity index is 2.56. The largest absolute Gasteiger partial charge is 0.319 e. The van der Waals surface area contributed by atoms with Crippen LogP contribution in [0.3, 0.4) is 0 Å². The summed E-state index contributed by atoms with van der Waals surface area (Å²) in [6.45, 7) is 5.96. The molecule has 0 radical (unpaired) electrons. The lowest BCUT2D eigenvalue weighted by molar-refractivity contribution is 0.145. The SMILES string of the molecule is CCC(CNC)C(NC)C1CCCN(C)C1. The van der Waals surface area contributed by atoms with Crippen LogP contribution in [-0.4, -0.2) is 51.7 Å². The van der Waals surface area contributed by atoms with Crippen molar-refractivity contribution in [2.75, 3.05) is 40.8 Å². The molecule has 0 aliphatic carbocycles. The molecule has 1 aliphatic heterocycles. The monoisotopic (exact) mass is 227 g/mol. The highest BCUT2D eigenvalue weighted by molar-refractivity contribution is 4.86. The molecular formula is C13H29N3. The van der Waals surface area contributed by atoms with Gasteiger partial charge in [-0.3, -0.25) is 0 Å². The Morgan fingerprint density at radius 3 is 2.62 bits per heavy atom. The van der Waals surface area contributed by atoms with Gasteiger partial charge in [-0.15, -0.1) is 0 Å². The van der Waals surface area contributed by atoms with Gasteiger partial charge in [-0.05, 0) is 58.9 Å². The van der Waals surface area contributed by atoms with Gasteiger partial charge in [0.05, 0.1) is 0 Å². The highest BCUT2D eigenvalue weighted by atomic mass is 15.1. The molecule has 1 heterocycles. The molecule has 0 bridgehead atoms. The highest BCUT2D eigenvalue weighted by Crippen LogP contribution is 2.24. The molecule has 0 spiro atoms. The van der Waals surface area contributed by atoms with Gasteiger partial charge >= 0.3 is 0 Å². The number of nitrogens with one attached hydrogen (secondary N) is 2. The lowest BCUT2D eigenvalue weighted by Gasteiger charge is -2.38. The smallest absolute Gasteiger partial charge is 0.0145 e. The van der Waals surface area contributed by atoms with E-state index in [-0.39, 0.29) is 0 Å². The van der Waals surface area contributed by atoms with Crippen LogP contribution in [0.4, 0.5) is 0 Å². The van der Waals surface area contributed by atoms with Gasteiger partial charge in [0, 0.05) is 12.6 Å². The molecule has 0 aromatic rings. The zero-order valence-electron chi connectivity index (χ0n) is 11.4. The van der Waals surface area contributed by atoms with Crippen LogP contribution >= 0.6 is 0 Å². The van der Waals surface area contributed by atoms with E-state index in [2.05, 4.69) is 43.6 Å². The van der Waals surface area contributed by atoms with Crippen LogP contribution in [0.1, 0.15) is 26.2 Å². The Kier molecular flexibility index (Phi) is 6.32. The third kappa shape index (κ3) is 3.72. The molecule has 3 unspecified atom stereocenters. The summed E-state index contributed by atoms with van der Waals surface area (Å²) in [6.07, 6.45) is 4.00. The Morgan fingerprint density at radius 2 is 2.12 bits per heavy atom. The number of likely N-dealkylation sites (tertiary alicyclic amines) is 1. The maximum absolute atomic E-state index is 3.56. The second kappa shape index (κ2) is 7.25. The second-order valence-electron chi connectivity index (χ2n) is 5.21. The molecule has 96 valence electrons. The van der Waals surface area contributed by atoms with E-state index < -0.39 is 0 Å². The molecule has 0 aromatic heterocycles. The van der Waals surface area contributed by atoms with Gasteiger partial charge in [-0.1, -0.05) is 13.3 Å². The van der Waals surface area contributed by atoms with Crippen LogP contribution in [0.2, 0.25) is 0 Å². The van der Waals surface area contributed by atoms with Crippen molar-refractivity contribution in [3.8, 4) is 0 Å². The standard InChI is InChI=1S/C13H29N3/c1-5-11(9-14-2)13(15-3)12-7-6-8-16(4)10-12/h11-15H,5-10H2,1-4H3. The summed E-state index contributed by atoms with van der Waals surface area (Å²) in [6, 6.07) is 0.667. The number of piperidine rings is 1. The molecule has 0 amide bonds. The first-order valence-electron chi connectivity index (χ1n) is 6.73. The maximum atomic E-state index is 3.56. The van der Waals surface area contributed by atoms with Crippen molar-refractivity contribution in [3.63, 3.8) is 0 Å². The molecule has 0 aromatic carbocycles. The maximum Gasteiger partial charge on any atom is 0.0145 e. The summed E-state index contributed by atoms with van der Waals surface area (Å²) in [5, 5.41) is 6.89. The summed E-state index contributed by atoms with van der Waals surface area (Å²) in [4.78, 5) is 2.48. The Morgan fingerprint density at radius 1 is 1.38 bits per heavy atom. The number of hydrogen-bond acceptors (Lipinski definition) is 3. The third-order valence-corrected chi connectivity index (χ3v) is 4.00. The van der Waals surface area contributed by atoms with E-state index in [1.807, 2.05) is 0 Å². The molecular weight excluding hydrogens is 198 g/mol. The van der Waals surface area contributed by atoms with E-state index in [1.54, 1.807) is 0 Å². The van der Waals surface area contributed by atoms with E-state index >= 15 is 0 Å². The number of nitrogens with zero attached hydrogens (tertiary/aromatic N) is 1. The van der Waals surface area contributed by atoms with Crippen LogP contribution < -0.4 is 10.6 Å². The fourth-order valence-corrected chi connectivity index (χ4v) is 3.14. The molecule has 1 saturated heterocycles. The topological polar surface area (TPSA) is 27.3 Å². The van der Waals surface area contributed by atoms with Gasteiger partial charge in [-0.25, -0.2) is 0 Å². The molecule has 3 heteroatoms. The normalized spacial score (nSPS) is 26.6. The molecule has 3 atom stereocenters. The van der Waals surface area contributed by atoms with E-state index in [0.29, 0.717) is 6.04 Å². The van der Waals surface area contributed by atoms with Gasteiger partial charge in [-0.2, -0.15) is 0 Å². The zero-order valence-corrected chi connectivity index (χ0v) is 11.4. The lowest BCUT2D eigenvalue weighted by atomic mass is 9.82. The van der Waals surface area contributed by atoms with Gasteiger partial charge in [0.1, 0.15) is 0 Å². The summed E-state index contributed by atoms with van der Waals surface area (Å²) in [5.41, 5.74) is 0. The van der Waals surface area contributed by atoms with Gasteiger partial charge in [0.15, 0.2) is 0 Å².